The normalized spacial score (nSPS) is 15.5. The van der Waals surface area contributed by atoms with Crippen molar-refractivity contribution in [2.24, 2.45) is 0 Å². The molecule has 0 aliphatic rings. The van der Waals surface area contributed by atoms with Gasteiger partial charge in [-0.15, -0.1) is 0 Å². The molecule has 1 amide bonds. The number of aliphatic hydroxyl groups is 1. The smallest absolute Gasteiger partial charge is 0.396 e. The lowest BCUT2D eigenvalue weighted by Crippen LogP contribution is -2.39. The molecule has 2 aromatic rings. The molecule has 2 unspecified atom stereocenters. The maximum atomic E-state index is 13.2. The van der Waals surface area contributed by atoms with Gasteiger partial charge in [0.1, 0.15) is 11.4 Å². The van der Waals surface area contributed by atoms with Gasteiger partial charge in [-0.05, 0) is 24.6 Å². The Hall–Kier alpha value is -2.28. The third-order valence-electron chi connectivity index (χ3n) is 3.67. The molecule has 0 aliphatic heterocycles. The van der Waals surface area contributed by atoms with E-state index in [9.17, 15) is 23.1 Å². The zero-order valence-electron chi connectivity index (χ0n) is 13.0. The molecule has 0 bridgehead atoms. The van der Waals surface area contributed by atoms with E-state index in [4.69, 9.17) is 4.42 Å². The van der Waals surface area contributed by atoms with Crippen LogP contribution < -0.4 is 5.32 Å². The fraction of sp³-hybridized carbons (Fsp3) is 0.353. The van der Waals surface area contributed by atoms with Gasteiger partial charge < -0.3 is 14.8 Å². The second-order valence-corrected chi connectivity index (χ2v) is 5.74. The van der Waals surface area contributed by atoms with E-state index < -0.39 is 30.0 Å². The largest absolute Gasteiger partial charge is 0.466 e. The first kappa shape index (κ1) is 18.1. The minimum Gasteiger partial charge on any atom is -0.466 e. The Kier molecular flexibility index (Phi) is 5.33. The van der Waals surface area contributed by atoms with Crippen LogP contribution in [0.3, 0.4) is 0 Å². The topological polar surface area (TPSA) is 62.5 Å². The predicted octanol–water partition coefficient (Wildman–Crippen LogP) is 3.34. The van der Waals surface area contributed by atoms with Crippen LogP contribution in [-0.4, -0.2) is 23.7 Å². The predicted molar refractivity (Wildman–Crippen MR) is 81.1 cm³/mol. The van der Waals surface area contributed by atoms with E-state index >= 15 is 0 Å². The number of hydrogen-bond donors (Lipinski definition) is 2. The Balaban J connectivity index is 2.01. The van der Waals surface area contributed by atoms with Crippen LogP contribution in [-0.2, 0) is 10.4 Å². The Morgan fingerprint density at radius 3 is 2.42 bits per heavy atom. The molecule has 2 atom stereocenters. The summed E-state index contributed by atoms with van der Waals surface area (Å²) in [6, 6.07) is 10.4. The van der Waals surface area contributed by atoms with Crippen LogP contribution in [0.2, 0.25) is 0 Å². The minimum atomic E-state index is -4.54. The Morgan fingerprint density at radius 1 is 1.21 bits per heavy atom. The second-order valence-electron chi connectivity index (χ2n) is 5.74. The van der Waals surface area contributed by atoms with Crippen molar-refractivity contribution in [2.75, 3.05) is 6.54 Å². The van der Waals surface area contributed by atoms with Gasteiger partial charge in [0.2, 0.25) is 5.91 Å². The van der Waals surface area contributed by atoms with Crippen LogP contribution in [0.4, 0.5) is 13.2 Å². The number of furan rings is 1. The molecule has 0 radical (unpaired) electrons. The number of hydrogen-bond acceptors (Lipinski definition) is 3. The Labute approximate surface area is 137 Å². The van der Waals surface area contributed by atoms with Gasteiger partial charge in [0.05, 0.1) is 18.7 Å². The number of nitrogens with one attached hydrogen (secondary N) is 1. The second kappa shape index (κ2) is 7.09. The first-order valence-corrected chi connectivity index (χ1v) is 7.35. The first-order chi connectivity index (χ1) is 11.2. The van der Waals surface area contributed by atoms with Gasteiger partial charge in [-0.2, -0.15) is 13.2 Å². The van der Waals surface area contributed by atoms with Crippen molar-refractivity contribution in [3.63, 3.8) is 0 Å². The van der Waals surface area contributed by atoms with Crippen molar-refractivity contribution in [1.82, 2.24) is 5.32 Å². The van der Waals surface area contributed by atoms with E-state index in [2.05, 4.69) is 5.32 Å². The molecule has 7 heteroatoms. The molecule has 0 saturated carbocycles. The fourth-order valence-corrected chi connectivity index (χ4v) is 2.31. The Morgan fingerprint density at radius 2 is 1.88 bits per heavy atom. The summed E-state index contributed by atoms with van der Waals surface area (Å²) in [5.41, 5.74) is -1.47. The number of carbonyl (C=O) groups is 1. The zero-order valence-corrected chi connectivity index (χ0v) is 13.0. The van der Waals surface area contributed by atoms with E-state index in [0.717, 1.165) is 0 Å². The van der Waals surface area contributed by atoms with E-state index in [1.54, 1.807) is 12.1 Å². The van der Waals surface area contributed by atoms with Crippen LogP contribution in [0.1, 0.15) is 30.6 Å². The van der Waals surface area contributed by atoms with Crippen molar-refractivity contribution in [1.29, 1.82) is 0 Å². The van der Waals surface area contributed by atoms with Crippen LogP contribution in [0.15, 0.2) is 53.1 Å². The summed E-state index contributed by atoms with van der Waals surface area (Å²) >= 11 is 0. The molecular formula is C17H18F3NO3. The van der Waals surface area contributed by atoms with E-state index in [1.165, 1.54) is 43.5 Å². The molecule has 1 aromatic carbocycles. The van der Waals surface area contributed by atoms with Gasteiger partial charge in [-0.25, -0.2) is 0 Å². The number of amides is 1. The maximum Gasteiger partial charge on any atom is 0.396 e. The van der Waals surface area contributed by atoms with Gasteiger partial charge in [-0.3, -0.25) is 4.79 Å². The molecule has 4 nitrogen and oxygen atoms in total. The number of carbonyl (C=O) groups excluding carboxylic acids is 1. The van der Waals surface area contributed by atoms with Gasteiger partial charge in [-0.1, -0.05) is 30.3 Å². The third-order valence-corrected chi connectivity index (χ3v) is 3.67. The minimum absolute atomic E-state index is 0.0259. The van der Waals surface area contributed by atoms with Crippen molar-refractivity contribution in [3.05, 3.63) is 60.1 Å². The van der Waals surface area contributed by atoms with Crippen LogP contribution in [0.25, 0.3) is 0 Å². The van der Waals surface area contributed by atoms with Crippen LogP contribution in [0.5, 0.6) is 0 Å². The third kappa shape index (κ3) is 4.61. The maximum absolute atomic E-state index is 13.2. The molecule has 1 aromatic heterocycles. The van der Waals surface area contributed by atoms with Gasteiger partial charge in [0.15, 0.2) is 0 Å². The van der Waals surface area contributed by atoms with E-state index in [1.807, 2.05) is 0 Å². The molecule has 0 spiro atoms. The SMILES string of the molecule is CC(O)(CNC(=O)CC(c1ccccc1)C(F)(F)F)c1ccco1. The lowest BCUT2D eigenvalue weighted by Gasteiger charge is -2.23. The molecule has 0 aliphatic carbocycles. The summed E-state index contributed by atoms with van der Waals surface area (Å²) in [5, 5.41) is 12.5. The summed E-state index contributed by atoms with van der Waals surface area (Å²) in [6.07, 6.45) is -3.93. The molecular weight excluding hydrogens is 323 g/mol. The number of halogens is 3. The van der Waals surface area contributed by atoms with Crippen molar-refractivity contribution in [2.45, 2.75) is 31.0 Å². The molecule has 130 valence electrons. The zero-order chi connectivity index (χ0) is 17.8. The quantitative estimate of drug-likeness (QED) is 0.847. The average Bonchev–Trinajstić information content (AvgIpc) is 3.06. The lowest BCUT2D eigenvalue weighted by molar-refractivity contribution is -0.157. The highest BCUT2D eigenvalue weighted by atomic mass is 19.4. The lowest BCUT2D eigenvalue weighted by atomic mass is 9.94. The molecule has 1 heterocycles. The van der Waals surface area contributed by atoms with Crippen molar-refractivity contribution in [3.8, 4) is 0 Å². The summed E-state index contributed by atoms with van der Waals surface area (Å²) < 4.78 is 44.7. The standard InChI is InChI=1S/C17H18F3NO3/c1-16(23,14-8-5-9-24-14)11-21-15(22)10-13(17(18,19)20)12-6-3-2-4-7-12/h2-9,13,23H,10-11H2,1H3,(H,21,22). The summed E-state index contributed by atoms with van der Waals surface area (Å²) in [5.74, 6) is -2.47. The highest BCUT2D eigenvalue weighted by molar-refractivity contribution is 5.77. The Bertz CT molecular complexity index is 651. The monoisotopic (exact) mass is 341 g/mol. The number of alkyl halides is 3. The molecule has 2 rings (SSSR count). The van der Waals surface area contributed by atoms with Gasteiger partial charge in [0, 0.05) is 6.42 Å². The van der Waals surface area contributed by atoms with Crippen molar-refractivity contribution < 1.29 is 27.5 Å². The first-order valence-electron chi connectivity index (χ1n) is 7.35. The van der Waals surface area contributed by atoms with Gasteiger partial charge >= 0.3 is 6.18 Å². The fourth-order valence-electron chi connectivity index (χ4n) is 2.31. The van der Waals surface area contributed by atoms with Gasteiger partial charge in [0.25, 0.3) is 0 Å². The highest BCUT2D eigenvalue weighted by Crippen LogP contribution is 2.37. The molecule has 24 heavy (non-hydrogen) atoms. The number of rotatable bonds is 6. The van der Waals surface area contributed by atoms with E-state index in [-0.39, 0.29) is 17.9 Å². The van der Waals surface area contributed by atoms with Crippen LogP contribution in [0, 0.1) is 0 Å². The van der Waals surface area contributed by atoms with Crippen LogP contribution >= 0.6 is 0 Å². The molecule has 0 saturated heterocycles. The molecule has 0 fully saturated rings. The van der Waals surface area contributed by atoms with Crippen molar-refractivity contribution >= 4 is 5.91 Å². The highest BCUT2D eigenvalue weighted by Gasteiger charge is 2.42. The average molecular weight is 341 g/mol. The summed E-state index contributed by atoms with van der Waals surface area (Å²) in [4.78, 5) is 11.9. The summed E-state index contributed by atoms with van der Waals surface area (Å²) in [6.45, 7) is 1.16. The molecule has 2 N–H and O–H groups in total. The summed E-state index contributed by atoms with van der Waals surface area (Å²) in [7, 11) is 0. The van der Waals surface area contributed by atoms with E-state index in [0.29, 0.717) is 0 Å². The number of benzene rings is 1.